The highest BCUT2D eigenvalue weighted by Gasteiger charge is 2.39. The van der Waals surface area contributed by atoms with Crippen molar-refractivity contribution in [1.29, 1.82) is 0 Å². The Morgan fingerprint density at radius 3 is 2.75 bits per heavy atom. The van der Waals surface area contributed by atoms with E-state index in [-0.39, 0.29) is 18.4 Å². The molecule has 16 heavy (non-hydrogen) atoms. The first-order valence-corrected chi connectivity index (χ1v) is 5.70. The predicted octanol–water partition coefficient (Wildman–Crippen LogP) is 1.56. The minimum Gasteiger partial charge on any atom is -0.396 e. The Morgan fingerprint density at radius 1 is 1.50 bits per heavy atom. The van der Waals surface area contributed by atoms with Crippen LogP contribution in [0.25, 0.3) is 0 Å². The Balaban J connectivity index is 2.30. The summed E-state index contributed by atoms with van der Waals surface area (Å²) in [5, 5.41) is 8.52. The highest BCUT2D eigenvalue weighted by Crippen LogP contribution is 2.30. The van der Waals surface area contributed by atoms with Gasteiger partial charge in [-0.25, -0.2) is 0 Å². The van der Waals surface area contributed by atoms with Gasteiger partial charge in [-0.05, 0) is 18.6 Å². The molecule has 1 aliphatic rings. The minimum atomic E-state index is -0.607. The highest BCUT2D eigenvalue weighted by atomic mass is 35.5. The van der Waals surface area contributed by atoms with Crippen LogP contribution in [-0.2, 0) is 4.79 Å². The summed E-state index contributed by atoms with van der Waals surface area (Å²) in [4.78, 5) is 13.6. The summed E-state index contributed by atoms with van der Waals surface area (Å²) in [5.41, 5.74) is 1.92. The van der Waals surface area contributed by atoms with Gasteiger partial charge in [-0.15, -0.1) is 11.6 Å². The topological polar surface area (TPSA) is 40.5 Å². The predicted molar refractivity (Wildman–Crippen MR) is 63.7 cm³/mol. The van der Waals surface area contributed by atoms with Crippen molar-refractivity contribution in [3.8, 4) is 0 Å². The lowest BCUT2D eigenvalue weighted by molar-refractivity contribution is -0.117. The van der Waals surface area contributed by atoms with E-state index >= 15 is 0 Å². The van der Waals surface area contributed by atoms with E-state index in [0.29, 0.717) is 6.54 Å². The quantitative estimate of drug-likeness (QED) is 0.796. The molecule has 1 aliphatic heterocycles. The van der Waals surface area contributed by atoms with Crippen molar-refractivity contribution in [3.05, 3.63) is 29.8 Å². The van der Waals surface area contributed by atoms with E-state index in [1.807, 2.05) is 31.2 Å². The van der Waals surface area contributed by atoms with E-state index in [1.165, 1.54) is 0 Å². The van der Waals surface area contributed by atoms with Crippen LogP contribution in [-0.4, -0.2) is 29.5 Å². The van der Waals surface area contributed by atoms with E-state index in [1.54, 1.807) is 4.90 Å². The molecule has 0 radical (unpaired) electrons. The maximum absolute atomic E-state index is 11.9. The molecule has 4 heteroatoms. The van der Waals surface area contributed by atoms with Gasteiger partial charge in [0.2, 0.25) is 5.91 Å². The molecule has 0 aromatic heterocycles. The molecule has 1 aromatic rings. The van der Waals surface area contributed by atoms with Gasteiger partial charge in [0, 0.05) is 24.8 Å². The zero-order valence-electron chi connectivity index (χ0n) is 9.06. The molecule has 3 nitrogen and oxygen atoms in total. The van der Waals surface area contributed by atoms with Gasteiger partial charge in [0.15, 0.2) is 0 Å². The molecule has 0 spiro atoms. The zero-order valence-corrected chi connectivity index (χ0v) is 9.81. The molecule has 2 rings (SSSR count). The smallest absolute Gasteiger partial charge is 0.245 e. The lowest BCUT2D eigenvalue weighted by atomic mass is 10.1. The van der Waals surface area contributed by atoms with Crippen molar-refractivity contribution in [2.45, 2.75) is 12.3 Å². The second-order valence-electron chi connectivity index (χ2n) is 4.08. The van der Waals surface area contributed by atoms with E-state index in [4.69, 9.17) is 16.7 Å². The molecule has 86 valence electrons. The summed E-state index contributed by atoms with van der Waals surface area (Å²) < 4.78 is 0. The number of anilines is 1. The lowest BCUT2D eigenvalue weighted by Crippen LogP contribution is -2.27. The van der Waals surface area contributed by atoms with Gasteiger partial charge in [0.1, 0.15) is 5.38 Å². The zero-order chi connectivity index (χ0) is 11.7. The van der Waals surface area contributed by atoms with Gasteiger partial charge in [0.25, 0.3) is 0 Å². The molecule has 0 saturated carbocycles. The van der Waals surface area contributed by atoms with Crippen LogP contribution in [0.5, 0.6) is 0 Å². The number of aliphatic hydroxyl groups excluding tert-OH is 1. The summed E-state index contributed by atoms with van der Waals surface area (Å²) in [7, 11) is 0. The Kier molecular flexibility index (Phi) is 3.17. The number of nitrogens with zero attached hydrogens (tertiary/aromatic N) is 1. The maximum atomic E-state index is 11.9. The Morgan fingerprint density at radius 2 is 2.19 bits per heavy atom. The number of hydrogen-bond acceptors (Lipinski definition) is 2. The fourth-order valence-electron chi connectivity index (χ4n) is 2.00. The number of hydrogen-bond donors (Lipinski definition) is 1. The third kappa shape index (κ3) is 1.81. The fourth-order valence-corrected chi connectivity index (χ4v) is 2.28. The van der Waals surface area contributed by atoms with E-state index in [2.05, 4.69) is 0 Å². The molecule has 1 fully saturated rings. The summed E-state index contributed by atoms with van der Waals surface area (Å²) in [5.74, 6) is -0.288. The molecule has 2 unspecified atom stereocenters. The molecular formula is C12H14ClNO2. The SMILES string of the molecule is Cc1ccccc1N1CC(CO)C(Cl)C1=O. The van der Waals surface area contributed by atoms with Crippen molar-refractivity contribution >= 4 is 23.2 Å². The number of rotatable bonds is 2. The molecule has 1 N–H and O–H groups in total. The molecule has 1 amide bonds. The third-order valence-corrected chi connectivity index (χ3v) is 3.52. The van der Waals surface area contributed by atoms with Crippen molar-refractivity contribution in [3.63, 3.8) is 0 Å². The van der Waals surface area contributed by atoms with Crippen molar-refractivity contribution in [1.82, 2.24) is 0 Å². The van der Waals surface area contributed by atoms with Crippen LogP contribution in [0.2, 0.25) is 0 Å². The molecular weight excluding hydrogens is 226 g/mol. The summed E-state index contributed by atoms with van der Waals surface area (Å²) in [6, 6.07) is 7.68. The first-order chi connectivity index (χ1) is 7.65. The Labute approximate surface area is 99.6 Å². The molecule has 1 aromatic carbocycles. The highest BCUT2D eigenvalue weighted by molar-refractivity contribution is 6.34. The average Bonchev–Trinajstić information content (AvgIpc) is 2.57. The van der Waals surface area contributed by atoms with Crippen molar-refractivity contribution < 1.29 is 9.90 Å². The second kappa shape index (κ2) is 4.44. The Hall–Kier alpha value is -1.06. The molecule has 0 bridgehead atoms. The van der Waals surface area contributed by atoms with Gasteiger partial charge in [-0.1, -0.05) is 18.2 Å². The summed E-state index contributed by atoms with van der Waals surface area (Å²) in [6.07, 6.45) is 0. The Bertz CT molecular complexity index is 408. The largest absolute Gasteiger partial charge is 0.396 e. The van der Waals surface area contributed by atoms with Crippen LogP contribution >= 0.6 is 11.6 Å². The van der Waals surface area contributed by atoms with E-state index < -0.39 is 5.38 Å². The molecule has 1 heterocycles. The normalized spacial score (nSPS) is 25.2. The van der Waals surface area contributed by atoms with Gasteiger partial charge in [-0.3, -0.25) is 4.79 Å². The third-order valence-electron chi connectivity index (χ3n) is 2.97. The van der Waals surface area contributed by atoms with Crippen LogP contribution in [0.3, 0.4) is 0 Å². The number of aryl methyl sites for hydroxylation is 1. The molecule has 0 aliphatic carbocycles. The van der Waals surface area contributed by atoms with Crippen LogP contribution in [0.1, 0.15) is 5.56 Å². The van der Waals surface area contributed by atoms with E-state index in [9.17, 15) is 4.79 Å². The second-order valence-corrected chi connectivity index (χ2v) is 4.55. The number of benzene rings is 1. The number of alkyl halides is 1. The standard InChI is InChI=1S/C12H14ClNO2/c1-8-4-2-3-5-10(8)14-6-9(7-15)11(13)12(14)16/h2-5,9,11,15H,6-7H2,1H3. The fraction of sp³-hybridized carbons (Fsp3) is 0.417. The minimum absolute atomic E-state index is 0.0533. The van der Waals surface area contributed by atoms with Crippen LogP contribution < -0.4 is 4.90 Å². The first-order valence-electron chi connectivity index (χ1n) is 5.27. The monoisotopic (exact) mass is 239 g/mol. The van der Waals surface area contributed by atoms with E-state index in [0.717, 1.165) is 11.3 Å². The lowest BCUT2D eigenvalue weighted by Gasteiger charge is -2.18. The van der Waals surface area contributed by atoms with Gasteiger partial charge < -0.3 is 10.0 Å². The molecule has 1 saturated heterocycles. The van der Waals surface area contributed by atoms with Crippen molar-refractivity contribution in [2.24, 2.45) is 5.92 Å². The maximum Gasteiger partial charge on any atom is 0.245 e. The number of carbonyl (C=O) groups is 1. The molecule has 2 atom stereocenters. The van der Waals surface area contributed by atoms with Crippen LogP contribution in [0.15, 0.2) is 24.3 Å². The van der Waals surface area contributed by atoms with Crippen molar-refractivity contribution in [2.75, 3.05) is 18.1 Å². The van der Waals surface area contributed by atoms with Crippen LogP contribution in [0, 0.1) is 12.8 Å². The van der Waals surface area contributed by atoms with Gasteiger partial charge in [0.05, 0.1) is 0 Å². The number of amides is 1. The van der Waals surface area contributed by atoms with Gasteiger partial charge in [-0.2, -0.15) is 0 Å². The average molecular weight is 240 g/mol. The summed E-state index contributed by atoms with van der Waals surface area (Å²) >= 11 is 5.97. The number of carbonyl (C=O) groups excluding carboxylic acids is 1. The van der Waals surface area contributed by atoms with Crippen LogP contribution in [0.4, 0.5) is 5.69 Å². The number of halogens is 1. The summed E-state index contributed by atoms with van der Waals surface area (Å²) in [6.45, 7) is 2.40. The first kappa shape index (κ1) is 11.4. The number of aliphatic hydroxyl groups is 1. The van der Waals surface area contributed by atoms with Gasteiger partial charge >= 0.3 is 0 Å². The number of para-hydroxylation sites is 1.